The van der Waals surface area contributed by atoms with E-state index < -0.39 is 0 Å². The molecule has 29 heavy (non-hydrogen) atoms. The predicted molar refractivity (Wildman–Crippen MR) is 128 cm³/mol. The molecule has 2 nitrogen and oxygen atoms in total. The second-order valence-electron chi connectivity index (χ2n) is 10.4. The predicted octanol–water partition coefficient (Wildman–Crippen LogP) is 7.60. The molecule has 1 aromatic carbocycles. The first-order chi connectivity index (χ1) is 13.6. The zero-order valence-corrected chi connectivity index (χ0v) is 20.1. The van der Waals surface area contributed by atoms with Crippen molar-refractivity contribution < 1.29 is 4.79 Å². The monoisotopic (exact) mass is 399 g/mol. The van der Waals surface area contributed by atoms with Gasteiger partial charge < -0.3 is 4.90 Å². The molecule has 0 fully saturated rings. The van der Waals surface area contributed by atoms with Gasteiger partial charge in [0.25, 0.3) is 0 Å². The van der Waals surface area contributed by atoms with Gasteiger partial charge in [-0.15, -0.1) is 0 Å². The lowest BCUT2D eigenvalue weighted by atomic mass is 9.84. The normalized spacial score (nSPS) is 13.6. The average Bonchev–Trinajstić information content (AvgIpc) is 2.60. The minimum absolute atomic E-state index is 0.265. The van der Waals surface area contributed by atoms with E-state index in [9.17, 15) is 4.79 Å². The highest BCUT2D eigenvalue weighted by Crippen LogP contribution is 2.27. The Morgan fingerprint density at radius 1 is 1.07 bits per heavy atom. The topological polar surface area (TPSA) is 20.3 Å². The molecule has 1 aromatic rings. The Morgan fingerprint density at radius 2 is 1.72 bits per heavy atom. The summed E-state index contributed by atoms with van der Waals surface area (Å²) in [6, 6.07) is 10.5. The van der Waals surface area contributed by atoms with Crippen molar-refractivity contribution in [3.63, 3.8) is 0 Å². The number of hydrogen-bond acceptors (Lipinski definition) is 1. The molecule has 0 aliphatic heterocycles. The Labute approximate surface area is 180 Å². The first-order valence-electron chi connectivity index (χ1n) is 11.6. The van der Waals surface area contributed by atoms with E-state index >= 15 is 0 Å². The van der Waals surface area contributed by atoms with Crippen LogP contribution in [0.25, 0.3) is 6.08 Å². The fourth-order valence-electron chi connectivity index (χ4n) is 4.07. The Kier molecular flexibility index (Phi) is 11.3. The number of nitrogens with zero attached hydrogens (tertiary/aromatic N) is 1. The van der Waals surface area contributed by atoms with Crippen LogP contribution in [-0.4, -0.2) is 23.9 Å². The van der Waals surface area contributed by atoms with Gasteiger partial charge in [-0.05, 0) is 42.1 Å². The summed E-state index contributed by atoms with van der Waals surface area (Å²) < 4.78 is 0. The van der Waals surface area contributed by atoms with E-state index in [2.05, 4.69) is 89.8 Å². The molecular weight excluding hydrogens is 354 g/mol. The lowest BCUT2D eigenvalue weighted by molar-refractivity contribution is -0.132. The minimum atomic E-state index is 0.265. The third-order valence-electron chi connectivity index (χ3n) is 5.09. The molecule has 0 aliphatic rings. The van der Waals surface area contributed by atoms with Gasteiger partial charge in [0.05, 0.1) is 0 Å². The maximum Gasteiger partial charge on any atom is 0.223 e. The molecule has 0 aliphatic carbocycles. The van der Waals surface area contributed by atoms with E-state index in [0.717, 1.165) is 25.9 Å². The number of benzene rings is 1. The van der Waals surface area contributed by atoms with Crippen LogP contribution in [0.2, 0.25) is 0 Å². The number of amides is 1. The summed E-state index contributed by atoms with van der Waals surface area (Å²) in [6.45, 7) is 17.2. The van der Waals surface area contributed by atoms with Crippen molar-refractivity contribution in [2.24, 2.45) is 17.3 Å². The van der Waals surface area contributed by atoms with Gasteiger partial charge in [-0.2, -0.15) is 0 Å². The summed E-state index contributed by atoms with van der Waals surface area (Å²) in [7, 11) is 0. The molecule has 0 saturated carbocycles. The quantitative estimate of drug-likeness (QED) is 0.331. The standard InChI is InChI=1S/C27H45NO/c1-8-9-11-16-25(18-24-14-12-10-13-15-24)21-28(20-22(2)3)26(29)17-23(4)19-27(5,6)7/h10,12-15,18,22-23H,8-9,11,16-17,19-21H2,1-7H3. The molecule has 0 bridgehead atoms. The maximum atomic E-state index is 13.2. The van der Waals surface area contributed by atoms with Gasteiger partial charge in [0.2, 0.25) is 5.91 Å². The fraction of sp³-hybridized carbons (Fsp3) is 0.667. The second-order valence-corrected chi connectivity index (χ2v) is 10.4. The zero-order chi connectivity index (χ0) is 21.9. The highest BCUT2D eigenvalue weighted by atomic mass is 16.2. The molecule has 0 radical (unpaired) electrons. The van der Waals surface area contributed by atoms with Crippen molar-refractivity contribution in [2.75, 3.05) is 13.1 Å². The number of rotatable bonds is 12. The summed E-state index contributed by atoms with van der Waals surface area (Å²) in [5.74, 6) is 1.20. The average molecular weight is 400 g/mol. The van der Waals surface area contributed by atoms with Crippen LogP contribution in [0.4, 0.5) is 0 Å². The van der Waals surface area contributed by atoms with Crippen LogP contribution < -0.4 is 0 Å². The van der Waals surface area contributed by atoms with Crippen molar-refractivity contribution in [3.8, 4) is 0 Å². The largest absolute Gasteiger partial charge is 0.338 e. The Balaban J connectivity index is 2.93. The highest BCUT2D eigenvalue weighted by Gasteiger charge is 2.22. The van der Waals surface area contributed by atoms with Crippen molar-refractivity contribution in [2.45, 2.75) is 87.0 Å². The van der Waals surface area contributed by atoms with E-state index in [0.29, 0.717) is 24.2 Å². The maximum absolute atomic E-state index is 13.2. The number of carbonyl (C=O) groups is 1. The molecule has 1 rings (SSSR count). The Bertz CT molecular complexity index is 609. The second kappa shape index (κ2) is 12.9. The smallest absolute Gasteiger partial charge is 0.223 e. The van der Waals surface area contributed by atoms with Crippen LogP contribution in [0, 0.1) is 17.3 Å². The van der Waals surface area contributed by atoms with Crippen molar-refractivity contribution in [1.29, 1.82) is 0 Å². The molecule has 2 heteroatoms. The molecule has 0 N–H and O–H groups in total. The van der Waals surface area contributed by atoms with Crippen molar-refractivity contribution in [1.82, 2.24) is 4.90 Å². The highest BCUT2D eigenvalue weighted by molar-refractivity contribution is 5.77. The third kappa shape index (κ3) is 11.9. The van der Waals surface area contributed by atoms with Gasteiger partial charge in [-0.25, -0.2) is 0 Å². The molecule has 1 amide bonds. The van der Waals surface area contributed by atoms with Crippen LogP contribution in [-0.2, 0) is 4.79 Å². The lowest BCUT2D eigenvalue weighted by Crippen LogP contribution is -2.37. The van der Waals surface area contributed by atoms with E-state index in [4.69, 9.17) is 0 Å². The number of unbranched alkanes of at least 4 members (excludes halogenated alkanes) is 2. The minimum Gasteiger partial charge on any atom is -0.338 e. The summed E-state index contributed by atoms with van der Waals surface area (Å²) in [5, 5.41) is 0. The van der Waals surface area contributed by atoms with E-state index in [1.165, 1.54) is 30.4 Å². The van der Waals surface area contributed by atoms with Crippen LogP contribution in [0.15, 0.2) is 35.9 Å². The molecule has 0 spiro atoms. The third-order valence-corrected chi connectivity index (χ3v) is 5.09. The molecule has 1 atom stereocenters. The van der Waals surface area contributed by atoms with Crippen LogP contribution in [0.5, 0.6) is 0 Å². The molecule has 164 valence electrons. The summed E-state index contributed by atoms with van der Waals surface area (Å²) >= 11 is 0. The van der Waals surface area contributed by atoms with E-state index in [-0.39, 0.29) is 5.41 Å². The molecule has 1 unspecified atom stereocenters. The number of carbonyl (C=O) groups excluding carboxylic acids is 1. The van der Waals surface area contributed by atoms with Gasteiger partial charge in [-0.3, -0.25) is 4.79 Å². The van der Waals surface area contributed by atoms with Gasteiger partial charge in [0.1, 0.15) is 0 Å². The van der Waals surface area contributed by atoms with Gasteiger partial charge in [0.15, 0.2) is 0 Å². The molecule has 0 aromatic heterocycles. The molecular formula is C27H45NO. The fourth-order valence-corrected chi connectivity index (χ4v) is 4.07. The van der Waals surface area contributed by atoms with Crippen molar-refractivity contribution in [3.05, 3.63) is 41.5 Å². The molecule has 0 saturated heterocycles. The Hall–Kier alpha value is -1.57. The summed E-state index contributed by atoms with van der Waals surface area (Å²) in [6.07, 6.45) is 8.76. The summed E-state index contributed by atoms with van der Waals surface area (Å²) in [5.41, 5.74) is 2.88. The summed E-state index contributed by atoms with van der Waals surface area (Å²) in [4.78, 5) is 15.3. The van der Waals surface area contributed by atoms with Crippen LogP contribution in [0.1, 0.15) is 92.6 Å². The zero-order valence-electron chi connectivity index (χ0n) is 20.1. The number of hydrogen-bond donors (Lipinski definition) is 0. The van der Waals surface area contributed by atoms with E-state index in [1.54, 1.807) is 0 Å². The van der Waals surface area contributed by atoms with Crippen LogP contribution in [0.3, 0.4) is 0 Å². The van der Waals surface area contributed by atoms with Gasteiger partial charge in [-0.1, -0.05) is 103 Å². The van der Waals surface area contributed by atoms with Gasteiger partial charge in [0, 0.05) is 19.5 Å². The lowest BCUT2D eigenvalue weighted by Gasteiger charge is -2.29. The first kappa shape index (κ1) is 25.5. The molecule has 0 heterocycles. The SMILES string of the molecule is CCCCCC(=Cc1ccccc1)CN(CC(C)C)C(=O)CC(C)CC(C)(C)C. The van der Waals surface area contributed by atoms with E-state index in [1.807, 2.05) is 0 Å². The van der Waals surface area contributed by atoms with Gasteiger partial charge >= 0.3 is 0 Å². The van der Waals surface area contributed by atoms with Crippen molar-refractivity contribution >= 4 is 12.0 Å². The Morgan fingerprint density at radius 3 is 2.28 bits per heavy atom. The first-order valence-corrected chi connectivity index (χ1v) is 11.6. The van der Waals surface area contributed by atoms with Crippen LogP contribution >= 0.6 is 0 Å².